The number of hydrogen-bond donors (Lipinski definition) is 2. The Balaban J connectivity index is 2.64. The molecule has 0 spiro atoms. The van der Waals surface area contributed by atoms with Gasteiger partial charge >= 0.3 is 5.76 Å². The molecule has 0 aliphatic carbocycles. The van der Waals surface area contributed by atoms with Crippen LogP contribution in [0.25, 0.3) is 0 Å². The average molecular weight is 284 g/mol. The molecule has 0 amide bonds. The Hall–Kier alpha value is -0.800. The van der Waals surface area contributed by atoms with Crippen LogP contribution in [0.15, 0.2) is 0 Å². The van der Waals surface area contributed by atoms with Crippen molar-refractivity contribution < 1.29 is 17.2 Å². The van der Waals surface area contributed by atoms with Gasteiger partial charge in [0.05, 0.1) is 6.04 Å². The van der Waals surface area contributed by atoms with Crippen LogP contribution < -0.4 is 5.73 Å². The molecule has 0 aromatic rings. The van der Waals surface area contributed by atoms with E-state index >= 15 is 0 Å². The van der Waals surface area contributed by atoms with Gasteiger partial charge in [-0.05, 0) is 6.42 Å². The van der Waals surface area contributed by atoms with Crippen molar-refractivity contribution in [1.29, 1.82) is 5.41 Å². The van der Waals surface area contributed by atoms with Crippen LogP contribution in [0, 0.1) is 5.41 Å². The summed E-state index contributed by atoms with van der Waals surface area (Å²) in [6.45, 7) is 2.51. The van der Waals surface area contributed by atoms with E-state index in [-0.39, 0.29) is 25.0 Å². The third-order valence-electron chi connectivity index (χ3n) is 3.04. The lowest BCUT2D eigenvalue weighted by molar-refractivity contribution is 0.152. The summed E-state index contributed by atoms with van der Waals surface area (Å²) in [5, 5.41) is 7.41. The molecule has 1 rings (SSSR count). The number of halogens is 2. The van der Waals surface area contributed by atoms with Crippen LogP contribution in [0.3, 0.4) is 0 Å². The Morgan fingerprint density at radius 3 is 2.17 bits per heavy atom. The minimum atomic E-state index is -4.49. The highest BCUT2D eigenvalue weighted by molar-refractivity contribution is 7.89. The fraction of sp³-hybridized carbons (Fsp3) is 0.889. The predicted molar refractivity (Wildman–Crippen MR) is 64.1 cm³/mol. The van der Waals surface area contributed by atoms with Gasteiger partial charge < -0.3 is 5.73 Å². The third-order valence-corrected chi connectivity index (χ3v) is 4.58. The van der Waals surface area contributed by atoms with Gasteiger partial charge in [0, 0.05) is 26.2 Å². The fourth-order valence-electron chi connectivity index (χ4n) is 2.06. The van der Waals surface area contributed by atoms with E-state index in [0.717, 1.165) is 4.31 Å². The van der Waals surface area contributed by atoms with Gasteiger partial charge in [-0.2, -0.15) is 13.1 Å². The van der Waals surface area contributed by atoms with E-state index in [1.54, 1.807) is 0 Å². The molecule has 0 bridgehead atoms. The molecule has 1 fully saturated rings. The molecular weight excluding hydrogens is 266 g/mol. The molecule has 18 heavy (non-hydrogen) atoms. The van der Waals surface area contributed by atoms with Crippen LogP contribution in [0.1, 0.15) is 13.3 Å². The topological polar surface area (TPSA) is 90.5 Å². The number of nitrogens with zero attached hydrogens (tertiary/aromatic N) is 2. The van der Waals surface area contributed by atoms with Gasteiger partial charge in [0.15, 0.2) is 0 Å². The first-order chi connectivity index (χ1) is 8.30. The molecule has 0 radical (unpaired) electrons. The van der Waals surface area contributed by atoms with Gasteiger partial charge in [-0.1, -0.05) is 6.92 Å². The second-order valence-corrected chi connectivity index (χ2v) is 6.02. The van der Waals surface area contributed by atoms with Crippen LogP contribution in [-0.4, -0.2) is 61.4 Å². The predicted octanol–water partition coefficient (Wildman–Crippen LogP) is -0.129. The molecule has 0 aromatic heterocycles. The highest BCUT2D eigenvalue weighted by Crippen LogP contribution is 2.16. The first kappa shape index (κ1) is 15.3. The first-order valence-corrected chi connectivity index (χ1v) is 7.16. The van der Waals surface area contributed by atoms with E-state index in [2.05, 4.69) is 0 Å². The second-order valence-electron chi connectivity index (χ2n) is 4.12. The number of rotatable bonds is 5. The Morgan fingerprint density at radius 1 is 1.33 bits per heavy atom. The van der Waals surface area contributed by atoms with Crippen molar-refractivity contribution >= 4 is 15.9 Å². The van der Waals surface area contributed by atoms with Crippen molar-refractivity contribution in [3.05, 3.63) is 0 Å². The maximum absolute atomic E-state index is 12.3. The molecule has 106 valence electrons. The summed E-state index contributed by atoms with van der Waals surface area (Å²) in [5.41, 5.74) is 5.44. The molecule has 0 aromatic carbocycles. The standard InChI is InChI=1S/C9H18F2N4O2S/c1-2-7(8(12)13)14-3-5-15(6-4-14)18(16,17)9(10)11/h7,9H,2-6H2,1H3,(H3,12,13). The van der Waals surface area contributed by atoms with Crippen molar-refractivity contribution in [3.63, 3.8) is 0 Å². The van der Waals surface area contributed by atoms with Crippen LogP contribution in [-0.2, 0) is 10.0 Å². The van der Waals surface area contributed by atoms with E-state index in [1.807, 2.05) is 11.8 Å². The minimum Gasteiger partial charge on any atom is -0.386 e. The molecule has 1 aliphatic rings. The van der Waals surface area contributed by atoms with E-state index in [4.69, 9.17) is 11.1 Å². The Labute approximate surface area is 105 Å². The maximum Gasteiger partial charge on any atom is 0.350 e. The summed E-state index contributed by atoms with van der Waals surface area (Å²) in [4.78, 5) is 1.85. The molecule has 1 heterocycles. The van der Waals surface area contributed by atoms with Gasteiger partial charge in [0.2, 0.25) is 0 Å². The van der Waals surface area contributed by atoms with Gasteiger partial charge in [-0.3, -0.25) is 10.3 Å². The molecule has 1 atom stereocenters. The van der Waals surface area contributed by atoms with E-state index in [1.165, 1.54) is 0 Å². The van der Waals surface area contributed by atoms with E-state index < -0.39 is 15.8 Å². The zero-order valence-electron chi connectivity index (χ0n) is 10.1. The summed E-state index contributed by atoms with van der Waals surface area (Å²) in [7, 11) is -4.49. The molecular formula is C9H18F2N4O2S. The summed E-state index contributed by atoms with van der Waals surface area (Å²) in [6.07, 6.45) is 0.636. The summed E-state index contributed by atoms with van der Waals surface area (Å²) < 4.78 is 48.0. The summed E-state index contributed by atoms with van der Waals surface area (Å²) in [5.74, 6) is -3.36. The number of alkyl halides is 2. The second kappa shape index (κ2) is 5.89. The Kier molecular flexibility index (Phi) is 5.00. The van der Waals surface area contributed by atoms with E-state index in [9.17, 15) is 17.2 Å². The van der Waals surface area contributed by atoms with Crippen molar-refractivity contribution in [2.45, 2.75) is 25.1 Å². The van der Waals surface area contributed by atoms with Gasteiger partial charge in [0.25, 0.3) is 10.0 Å². The van der Waals surface area contributed by atoms with Gasteiger partial charge in [0.1, 0.15) is 5.84 Å². The molecule has 0 saturated carbocycles. The van der Waals surface area contributed by atoms with Crippen molar-refractivity contribution in [2.24, 2.45) is 5.73 Å². The number of piperazine rings is 1. The molecule has 1 unspecified atom stereocenters. The lowest BCUT2D eigenvalue weighted by atomic mass is 10.1. The molecule has 9 heteroatoms. The number of hydrogen-bond acceptors (Lipinski definition) is 4. The largest absolute Gasteiger partial charge is 0.386 e. The lowest BCUT2D eigenvalue weighted by Gasteiger charge is -2.37. The lowest BCUT2D eigenvalue weighted by Crippen LogP contribution is -2.55. The Bertz CT molecular complexity index is 393. The fourth-order valence-corrected chi connectivity index (χ4v) is 2.95. The highest BCUT2D eigenvalue weighted by atomic mass is 32.2. The maximum atomic E-state index is 12.3. The molecule has 1 aliphatic heterocycles. The number of amidine groups is 1. The zero-order chi connectivity index (χ0) is 13.9. The van der Waals surface area contributed by atoms with Crippen LogP contribution >= 0.6 is 0 Å². The number of nitrogens with one attached hydrogen (secondary N) is 1. The molecule has 1 saturated heterocycles. The SMILES string of the molecule is CCC(C(=N)N)N1CCN(S(=O)(=O)C(F)F)CC1. The van der Waals surface area contributed by atoms with Crippen molar-refractivity contribution in [3.8, 4) is 0 Å². The number of sulfonamides is 1. The first-order valence-electron chi connectivity index (χ1n) is 5.65. The third kappa shape index (κ3) is 3.15. The summed E-state index contributed by atoms with van der Waals surface area (Å²) >= 11 is 0. The quantitative estimate of drug-likeness (QED) is 0.543. The molecule has 6 nitrogen and oxygen atoms in total. The van der Waals surface area contributed by atoms with Gasteiger partial charge in [-0.15, -0.1) is 0 Å². The normalized spacial score (nSPS) is 21.1. The van der Waals surface area contributed by atoms with Crippen LogP contribution in [0.4, 0.5) is 8.78 Å². The van der Waals surface area contributed by atoms with Crippen LogP contribution in [0.5, 0.6) is 0 Å². The van der Waals surface area contributed by atoms with Gasteiger partial charge in [-0.25, -0.2) is 8.42 Å². The zero-order valence-corrected chi connectivity index (χ0v) is 11.0. The van der Waals surface area contributed by atoms with Crippen molar-refractivity contribution in [1.82, 2.24) is 9.21 Å². The summed E-state index contributed by atoms with van der Waals surface area (Å²) in [6, 6.07) is -0.249. The monoisotopic (exact) mass is 284 g/mol. The molecule has 3 N–H and O–H groups in total. The smallest absolute Gasteiger partial charge is 0.350 e. The minimum absolute atomic E-state index is 0.0104. The highest BCUT2D eigenvalue weighted by Gasteiger charge is 2.35. The van der Waals surface area contributed by atoms with Crippen molar-refractivity contribution in [2.75, 3.05) is 26.2 Å². The van der Waals surface area contributed by atoms with E-state index in [0.29, 0.717) is 19.5 Å². The average Bonchev–Trinajstić information content (AvgIpc) is 2.30. The number of nitrogens with two attached hydrogens (primary N) is 1. The Morgan fingerprint density at radius 2 is 1.83 bits per heavy atom. The van der Waals surface area contributed by atoms with Crippen LogP contribution in [0.2, 0.25) is 0 Å².